The maximum absolute atomic E-state index is 16.4. The number of halogens is 1. The number of nitrogens with one attached hydrogen (secondary N) is 2. The molecule has 1 aromatic carbocycles. The minimum Gasteiger partial charge on any atom is -0.481 e. The fourth-order valence-electron chi connectivity index (χ4n) is 7.00. The van der Waals surface area contributed by atoms with Crippen molar-refractivity contribution in [1.29, 1.82) is 0 Å². The first-order chi connectivity index (χ1) is 20.0. The number of aromatic amines is 1. The number of hydrogen-bond donors (Lipinski definition) is 3. The van der Waals surface area contributed by atoms with Crippen molar-refractivity contribution in [3.63, 3.8) is 0 Å². The Balaban J connectivity index is 1.27. The van der Waals surface area contributed by atoms with Crippen LogP contribution in [0.4, 0.5) is 21.7 Å². The molecular formula is C30H33FN8O2. The van der Waals surface area contributed by atoms with E-state index in [0.717, 1.165) is 50.2 Å². The molecule has 0 amide bonds. The lowest BCUT2D eigenvalue weighted by Crippen LogP contribution is -2.51. The Morgan fingerprint density at radius 2 is 1.71 bits per heavy atom. The van der Waals surface area contributed by atoms with E-state index in [1.54, 1.807) is 12.4 Å². The second-order valence-electron chi connectivity index (χ2n) is 11.5. The lowest BCUT2D eigenvalue weighted by molar-refractivity contribution is -0.148. The Labute approximate surface area is 237 Å². The molecule has 3 N–H and O–H groups in total. The summed E-state index contributed by atoms with van der Waals surface area (Å²) in [5.41, 5.74) is 3.73. The molecule has 1 saturated heterocycles. The number of carboxylic acid groups (broad SMARTS) is 1. The number of aliphatic carboxylic acids is 1. The van der Waals surface area contributed by atoms with Crippen molar-refractivity contribution < 1.29 is 14.3 Å². The van der Waals surface area contributed by atoms with Gasteiger partial charge in [0.1, 0.15) is 5.52 Å². The maximum Gasteiger partial charge on any atom is 0.308 e. The number of para-hydroxylation sites is 1. The van der Waals surface area contributed by atoms with Gasteiger partial charge in [-0.2, -0.15) is 4.39 Å². The van der Waals surface area contributed by atoms with E-state index in [1.807, 2.05) is 30.0 Å². The first-order valence-corrected chi connectivity index (χ1v) is 14.4. The molecule has 4 aliphatic rings. The van der Waals surface area contributed by atoms with Crippen LogP contribution >= 0.6 is 0 Å². The summed E-state index contributed by atoms with van der Waals surface area (Å²) in [6.45, 7) is 4.47. The average Bonchev–Trinajstić information content (AvgIpc) is 3.42. The van der Waals surface area contributed by atoms with E-state index in [-0.39, 0.29) is 29.5 Å². The van der Waals surface area contributed by atoms with E-state index in [1.165, 1.54) is 0 Å². The Morgan fingerprint density at radius 1 is 1.00 bits per heavy atom. The zero-order valence-electron chi connectivity index (χ0n) is 22.9. The average molecular weight is 557 g/mol. The molecule has 2 atom stereocenters. The highest BCUT2D eigenvalue weighted by Gasteiger charge is 2.47. The van der Waals surface area contributed by atoms with Crippen LogP contribution in [0, 0.1) is 30.5 Å². The molecule has 11 heteroatoms. The summed E-state index contributed by atoms with van der Waals surface area (Å²) in [6.07, 6.45) is 7.13. The molecular weight excluding hydrogens is 523 g/mol. The van der Waals surface area contributed by atoms with Crippen LogP contribution in [0.25, 0.3) is 22.6 Å². The SMILES string of the molecule is Cc1cnc2[nH]cc(-c3nc(N[C@H]4C5CCC(CC5)[C@@H]4C(=O)O)c(F)c(N4CCN(c5ccccc5)CC4)n3)c2n1. The number of aryl methyl sites for hydroxylation is 1. The monoisotopic (exact) mass is 556 g/mol. The van der Waals surface area contributed by atoms with Crippen LogP contribution in [-0.4, -0.2) is 68.2 Å². The van der Waals surface area contributed by atoms with Crippen molar-refractivity contribution in [2.24, 2.45) is 17.8 Å². The Hall–Kier alpha value is -4.28. The molecule has 4 heterocycles. The van der Waals surface area contributed by atoms with Crippen molar-refractivity contribution in [3.05, 3.63) is 54.2 Å². The highest BCUT2D eigenvalue weighted by Crippen LogP contribution is 2.46. The number of benzene rings is 1. The number of fused-ring (bicyclic) bond motifs is 4. The molecule has 41 heavy (non-hydrogen) atoms. The number of piperazine rings is 1. The van der Waals surface area contributed by atoms with Gasteiger partial charge >= 0.3 is 5.97 Å². The summed E-state index contributed by atoms with van der Waals surface area (Å²) in [7, 11) is 0. The molecule has 0 unspecified atom stereocenters. The number of aromatic nitrogens is 5. The largest absolute Gasteiger partial charge is 0.481 e. The van der Waals surface area contributed by atoms with Crippen molar-refractivity contribution in [2.45, 2.75) is 38.6 Å². The van der Waals surface area contributed by atoms with Crippen molar-refractivity contribution in [3.8, 4) is 11.4 Å². The minimum absolute atomic E-state index is 0.0502. The summed E-state index contributed by atoms with van der Waals surface area (Å²) in [4.78, 5) is 38.2. The van der Waals surface area contributed by atoms with E-state index in [0.29, 0.717) is 35.6 Å². The lowest BCUT2D eigenvalue weighted by atomic mass is 9.61. The normalized spacial score (nSPS) is 24.1. The summed E-state index contributed by atoms with van der Waals surface area (Å²) in [5.74, 6) is -1.09. The lowest BCUT2D eigenvalue weighted by Gasteiger charge is -2.47. The van der Waals surface area contributed by atoms with E-state index >= 15 is 4.39 Å². The number of anilines is 3. The van der Waals surface area contributed by atoms with Gasteiger partial charge in [-0.15, -0.1) is 0 Å². The molecule has 4 fully saturated rings. The van der Waals surface area contributed by atoms with Gasteiger partial charge in [-0.1, -0.05) is 18.2 Å². The third-order valence-corrected chi connectivity index (χ3v) is 9.08. The van der Waals surface area contributed by atoms with Crippen molar-refractivity contribution in [1.82, 2.24) is 24.9 Å². The first kappa shape index (κ1) is 25.7. The molecule has 3 aliphatic carbocycles. The van der Waals surface area contributed by atoms with Crippen molar-refractivity contribution >= 4 is 34.5 Å². The fraction of sp³-hybridized carbons (Fsp3) is 0.433. The minimum atomic E-state index is -0.828. The topological polar surface area (TPSA) is 123 Å². The van der Waals surface area contributed by atoms with Crippen LogP contribution in [0.1, 0.15) is 31.4 Å². The number of H-pyrrole nitrogens is 1. The number of carbonyl (C=O) groups is 1. The highest BCUT2D eigenvalue weighted by atomic mass is 19.1. The van der Waals surface area contributed by atoms with Crippen molar-refractivity contribution in [2.75, 3.05) is 41.3 Å². The van der Waals surface area contributed by atoms with Crippen LogP contribution in [0.2, 0.25) is 0 Å². The van der Waals surface area contributed by atoms with Crippen LogP contribution in [0.3, 0.4) is 0 Å². The molecule has 8 rings (SSSR count). The summed E-state index contributed by atoms with van der Waals surface area (Å²) < 4.78 is 16.4. The first-order valence-electron chi connectivity index (χ1n) is 14.4. The fourth-order valence-corrected chi connectivity index (χ4v) is 7.00. The molecule has 3 aromatic heterocycles. The Morgan fingerprint density at radius 3 is 2.44 bits per heavy atom. The molecule has 1 aliphatic heterocycles. The predicted molar refractivity (Wildman–Crippen MR) is 154 cm³/mol. The van der Waals surface area contributed by atoms with Gasteiger partial charge in [-0.3, -0.25) is 4.79 Å². The predicted octanol–water partition coefficient (Wildman–Crippen LogP) is 4.49. The standard InChI is InChI=1S/C30H33FN8O2/c1-17-15-32-28-25(34-17)21(16-33-28)26-36-27(35-24-19-9-7-18(8-10-19)22(24)30(40)41)23(31)29(37-26)39-13-11-38(12-14-39)20-5-3-2-4-6-20/h2-6,15-16,18-19,22,24H,7-14H2,1H3,(H,32,33)(H,40,41)(H,35,36,37)/t18?,19?,22-,24-/m0/s1. The van der Waals surface area contributed by atoms with Crippen LogP contribution in [0.5, 0.6) is 0 Å². The second kappa shape index (κ2) is 10.3. The van der Waals surface area contributed by atoms with Gasteiger partial charge in [0, 0.05) is 44.1 Å². The maximum atomic E-state index is 16.4. The van der Waals surface area contributed by atoms with Crippen LogP contribution < -0.4 is 15.1 Å². The highest BCUT2D eigenvalue weighted by molar-refractivity contribution is 5.88. The molecule has 0 radical (unpaired) electrons. The molecule has 3 saturated carbocycles. The molecule has 4 aromatic rings. The van der Waals surface area contributed by atoms with Gasteiger partial charge in [-0.25, -0.2) is 19.9 Å². The smallest absolute Gasteiger partial charge is 0.308 e. The van der Waals surface area contributed by atoms with Crippen LogP contribution in [0.15, 0.2) is 42.7 Å². The van der Waals surface area contributed by atoms with Gasteiger partial charge in [0.15, 0.2) is 23.1 Å². The number of rotatable bonds is 6. The zero-order valence-corrected chi connectivity index (χ0v) is 22.9. The number of hydrogen-bond acceptors (Lipinski definition) is 8. The third-order valence-electron chi connectivity index (χ3n) is 9.08. The van der Waals surface area contributed by atoms with Gasteiger partial charge in [0.25, 0.3) is 0 Å². The summed E-state index contributed by atoms with van der Waals surface area (Å²) in [6, 6.07) is 9.81. The zero-order chi connectivity index (χ0) is 28.1. The van der Waals surface area contributed by atoms with E-state index in [9.17, 15) is 9.90 Å². The number of nitrogens with zero attached hydrogens (tertiary/aromatic N) is 6. The Bertz CT molecular complexity index is 1580. The van der Waals surface area contributed by atoms with Gasteiger partial charge < -0.3 is 25.2 Å². The van der Waals surface area contributed by atoms with Gasteiger partial charge in [0.2, 0.25) is 5.82 Å². The summed E-state index contributed by atoms with van der Waals surface area (Å²) >= 11 is 0. The third kappa shape index (κ3) is 4.62. The van der Waals surface area contributed by atoms with E-state index in [2.05, 4.69) is 42.3 Å². The Kier molecular flexibility index (Phi) is 6.44. The summed E-state index contributed by atoms with van der Waals surface area (Å²) in [5, 5.41) is 13.4. The molecule has 212 valence electrons. The van der Waals surface area contributed by atoms with Crippen LogP contribution in [-0.2, 0) is 4.79 Å². The van der Waals surface area contributed by atoms with Gasteiger partial charge in [0.05, 0.1) is 23.4 Å². The van der Waals surface area contributed by atoms with Gasteiger partial charge in [-0.05, 0) is 56.6 Å². The second-order valence-corrected chi connectivity index (χ2v) is 11.5. The quantitative estimate of drug-likeness (QED) is 0.315. The van der Waals surface area contributed by atoms with E-state index in [4.69, 9.17) is 4.98 Å². The molecule has 2 bridgehead atoms. The molecule has 10 nitrogen and oxygen atoms in total. The van der Waals surface area contributed by atoms with E-state index < -0.39 is 17.7 Å². The number of carboxylic acids is 1. The molecule has 0 spiro atoms.